The average molecular weight is 530 g/mol. The zero-order valence-corrected chi connectivity index (χ0v) is 23.7. The molecule has 2 aliphatic rings. The van der Waals surface area contributed by atoms with Gasteiger partial charge in [-0.1, -0.05) is 18.2 Å². The summed E-state index contributed by atoms with van der Waals surface area (Å²) in [5.74, 6) is 0.446. The van der Waals surface area contributed by atoms with Crippen molar-refractivity contribution in [2.75, 3.05) is 44.3 Å². The predicted molar refractivity (Wildman–Crippen MR) is 159 cm³/mol. The molecule has 0 amide bonds. The van der Waals surface area contributed by atoms with Gasteiger partial charge in [0.2, 0.25) is 5.36 Å². The number of hydrogen-bond acceptors (Lipinski definition) is 5. The van der Waals surface area contributed by atoms with E-state index >= 15 is 0 Å². The second kappa shape index (κ2) is 13.4. The van der Waals surface area contributed by atoms with Crippen LogP contribution in [0.25, 0.3) is 33.4 Å². The van der Waals surface area contributed by atoms with Gasteiger partial charge in [0, 0.05) is 54.0 Å². The van der Waals surface area contributed by atoms with Crippen molar-refractivity contribution >= 4 is 22.6 Å². The maximum Gasteiger partial charge on any atom is 0.338 e. The van der Waals surface area contributed by atoms with Gasteiger partial charge in [-0.25, -0.2) is 9.37 Å². The average Bonchev–Trinajstić information content (AvgIpc) is 2.97. The molecule has 6 heteroatoms. The topological polar surface area (TPSA) is 65.9 Å². The molecular formula is C33H41N2O4+. The maximum absolute atomic E-state index is 13.3. The van der Waals surface area contributed by atoms with Crippen LogP contribution in [0, 0.1) is 0 Å². The first-order valence-electron chi connectivity index (χ1n) is 14.3. The lowest BCUT2D eigenvalue weighted by Crippen LogP contribution is -2.29. The van der Waals surface area contributed by atoms with Gasteiger partial charge in [0.1, 0.15) is 24.4 Å². The lowest BCUT2D eigenvalue weighted by molar-refractivity contribution is 0.0497. The number of hydrogen-bond donors (Lipinski definition) is 1. The van der Waals surface area contributed by atoms with Crippen molar-refractivity contribution in [2.24, 2.45) is 0 Å². The number of rotatable bonds is 12. The number of nitrogens with zero attached hydrogens (tertiary/aromatic N) is 2. The first-order valence-corrected chi connectivity index (χ1v) is 14.3. The third-order valence-electron chi connectivity index (χ3n) is 7.40. The van der Waals surface area contributed by atoms with E-state index in [0.717, 1.165) is 83.5 Å². The van der Waals surface area contributed by atoms with E-state index in [4.69, 9.17) is 14.3 Å². The number of benzene rings is 3. The summed E-state index contributed by atoms with van der Waals surface area (Å²) >= 11 is 0. The van der Waals surface area contributed by atoms with Crippen LogP contribution in [0.4, 0.5) is 5.69 Å². The van der Waals surface area contributed by atoms with Crippen molar-refractivity contribution in [1.29, 1.82) is 0 Å². The van der Waals surface area contributed by atoms with Crippen molar-refractivity contribution in [3.8, 4) is 22.5 Å². The summed E-state index contributed by atoms with van der Waals surface area (Å²) in [7, 11) is 0. The molecule has 39 heavy (non-hydrogen) atoms. The molecule has 1 aliphatic carbocycles. The number of carbonyl (C=O) groups is 1. The predicted octanol–water partition coefficient (Wildman–Crippen LogP) is 6.18. The Morgan fingerprint density at radius 3 is 2.38 bits per heavy atom. The van der Waals surface area contributed by atoms with E-state index < -0.39 is 0 Å². The number of anilines is 1. The second-order valence-corrected chi connectivity index (χ2v) is 9.65. The molecule has 0 atom stereocenters. The second-order valence-electron chi connectivity index (χ2n) is 9.65. The first kappa shape index (κ1) is 28.4. The molecule has 0 unspecified atom stereocenters. The molecule has 1 heterocycles. The molecule has 0 bridgehead atoms. The Bertz CT molecular complexity index is 1450. The highest BCUT2D eigenvalue weighted by atomic mass is 16.5. The molecule has 0 aromatic heterocycles. The molecule has 0 radical (unpaired) electrons. The van der Waals surface area contributed by atoms with Crippen LogP contribution in [0.1, 0.15) is 57.3 Å². The number of aliphatic hydroxyl groups excluding tert-OH is 1. The summed E-state index contributed by atoms with van der Waals surface area (Å²) in [5.41, 5.74) is 5.18. The third kappa shape index (κ3) is 6.17. The highest BCUT2D eigenvalue weighted by Crippen LogP contribution is 2.42. The minimum atomic E-state index is -0.337. The normalized spacial score (nSPS) is 11.2. The zero-order chi connectivity index (χ0) is 27.8. The SMILES string of the molecule is CCN(CC)c1ccc2c(-c3ccccc3C(=O)OCCCCCO)c3ccc(=[N+](CC)CC)cc-3oc2c1. The van der Waals surface area contributed by atoms with E-state index in [0.29, 0.717) is 18.6 Å². The molecule has 0 saturated heterocycles. The van der Waals surface area contributed by atoms with Gasteiger partial charge in [0.25, 0.3) is 0 Å². The van der Waals surface area contributed by atoms with Gasteiger partial charge in [-0.05, 0) is 76.8 Å². The fraction of sp³-hybridized carbons (Fsp3) is 0.394. The molecule has 0 spiro atoms. The van der Waals surface area contributed by atoms with Gasteiger partial charge in [-0.3, -0.25) is 0 Å². The lowest BCUT2D eigenvalue weighted by atomic mass is 9.90. The van der Waals surface area contributed by atoms with E-state index in [1.807, 2.05) is 24.3 Å². The van der Waals surface area contributed by atoms with E-state index in [1.165, 1.54) is 0 Å². The van der Waals surface area contributed by atoms with Gasteiger partial charge < -0.3 is 19.2 Å². The molecule has 2 aromatic rings. The first-order chi connectivity index (χ1) is 19.1. The van der Waals surface area contributed by atoms with Crippen LogP contribution in [0.15, 0.2) is 65.1 Å². The van der Waals surface area contributed by atoms with Crippen LogP contribution in [-0.2, 0) is 4.74 Å². The number of carbonyl (C=O) groups excluding carboxylic acids is 1. The van der Waals surface area contributed by atoms with Gasteiger partial charge in [-0.15, -0.1) is 0 Å². The van der Waals surface area contributed by atoms with Gasteiger partial charge in [0.05, 0.1) is 18.2 Å². The van der Waals surface area contributed by atoms with Gasteiger partial charge in [0.15, 0.2) is 0 Å². The molecule has 6 nitrogen and oxygen atoms in total. The minimum Gasteiger partial charge on any atom is -0.462 e. The summed E-state index contributed by atoms with van der Waals surface area (Å²) in [6.07, 6.45) is 2.27. The van der Waals surface area contributed by atoms with E-state index in [-0.39, 0.29) is 12.6 Å². The Morgan fingerprint density at radius 2 is 1.67 bits per heavy atom. The van der Waals surface area contributed by atoms with E-state index in [1.54, 1.807) is 0 Å². The molecule has 0 saturated carbocycles. The fourth-order valence-corrected chi connectivity index (χ4v) is 5.24. The van der Waals surface area contributed by atoms with E-state index in [2.05, 4.69) is 73.6 Å². The Labute approximate surface area is 231 Å². The summed E-state index contributed by atoms with van der Waals surface area (Å²) in [6.45, 7) is 12.7. The van der Waals surface area contributed by atoms with Gasteiger partial charge >= 0.3 is 5.97 Å². The minimum absolute atomic E-state index is 0.155. The number of unbranched alkanes of at least 4 members (excludes halogenated alkanes) is 2. The van der Waals surface area contributed by atoms with E-state index in [9.17, 15) is 4.79 Å². The van der Waals surface area contributed by atoms with Gasteiger partial charge in [-0.2, -0.15) is 0 Å². The van der Waals surface area contributed by atoms with Crippen LogP contribution >= 0.6 is 0 Å². The monoisotopic (exact) mass is 529 g/mol. The molecule has 1 aliphatic heterocycles. The summed E-state index contributed by atoms with van der Waals surface area (Å²) in [6, 6.07) is 20.4. The van der Waals surface area contributed by atoms with Crippen molar-refractivity contribution in [1.82, 2.24) is 4.58 Å². The Morgan fingerprint density at radius 1 is 0.897 bits per heavy atom. The number of aliphatic hydroxyl groups is 1. The Balaban J connectivity index is 1.93. The molecular weight excluding hydrogens is 488 g/mol. The van der Waals surface area contributed by atoms with Crippen molar-refractivity contribution in [3.63, 3.8) is 0 Å². The highest BCUT2D eigenvalue weighted by molar-refractivity contribution is 6.08. The smallest absolute Gasteiger partial charge is 0.338 e. The molecule has 1 N–H and O–H groups in total. The number of ether oxygens (including phenoxy) is 1. The molecule has 2 aromatic carbocycles. The van der Waals surface area contributed by atoms with Crippen LogP contribution in [-0.4, -0.2) is 50.5 Å². The Hall–Kier alpha value is -3.64. The largest absolute Gasteiger partial charge is 0.462 e. The maximum atomic E-state index is 13.3. The van der Waals surface area contributed by atoms with Crippen molar-refractivity contribution in [3.05, 3.63) is 71.6 Å². The van der Waals surface area contributed by atoms with Crippen molar-refractivity contribution < 1.29 is 19.1 Å². The standard InChI is InChI=1S/C33H41N2O4/c1-5-34(6-2)24-16-18-28-30(22-24)39-31-23-25(35(7-3)8-4)17-19-29(31)32(28)26-14-10-11-15-27(26)33(37)38-21-13-9-12-20-36/h10-11,14-19,22-23,36H,5-9,12-13,20-21H2,1-4H3/q+1. The number of esters is 1. The summed E-state index contributed by atoms with van der Waals surface area (Å²) in [5, 5.41) is 11.1. The quantitative estimate of drug-likeness (QED) is 0.103. The molecule has 0 fully saturated rings. The summed E-state index contributed by atoms with van der Waals surface area (Å²) in [4.78, 5) is 15.6. The summed E-state index contributed by atoms with van der Waals surface area (Å²) < 4.78 is 14.5. The van der Waals surface area contributed by atoms with Crippen LogP contribution < -0.4 is 14.8 Å². The van der Waals surface area contributed by atoms with Crippen molar-refractivity contribution in [2.45, 2.75) is 47.0 Å². The molecule has 206 valence electrons. The fourth-order valence-electron chi connectivity index (χ4n) is 5.24. The zero-order valence-electron chi connectivity index (χ0n) is 23.7. The Kier molecular flexibility index (Phi) is 9.77. The van der Waals surface area contributed by atoms with Crippen LogP contribution in [0.5, 0.6) is 0 Å². The van der Waals surface area contributed by atoms with Crippen LogP contribution in [0.3, 0.4) is 0 Å². The third-order valence-corrected chi connectivity index (χ3v) is 7.40. The lowest BCUT2D eigenvalue weighted by Gasteiger charge is -2.22. The molecule has 4 rings (SSSR count). The number of fused-ring (bicyclic) bond motifs is 2. The van der Waals surface area contributed by atoms with Crippen LogP contribution in [0.2, 0.25) is 0 Å². The highest BCUT2D eigenvalue weighted by Gasteiger charge is 2.23.